The van der Waals surface area contributed by atoms with Crippen LogP contribution in [0.2, 0.25) is 0 Å². The zero-order valence-corrected chi connectivity index (χ0v) is 34.0. The molecule has 4 atom stereocenters. The fourth-order valence-corrected chi connectivity index (χ4v) is 8.01. The Balaban J connectivity index is 1.80. The van der Waals surface area contributed by atoms with Gasteiger partial charge in [-0.3, -0.25) is 68.0 Å². The highest BCUT2D eigenvalue weighted by atomic mass is 16.4. The molecule has 0 aromatic rings. The van der Waals surface area contributed by atoms with Crippen LogP contribution in [0, 0.1) is 0 Å². The molecule has 24 heteroatoms. The fourth-order valence-electron chi connectivity index (χ4n) is 8.01. The van der Waals surface area contributed by atoms with E-state index < -0.39 is 72.1 Å². The number of rotatable bonds is 16. The summed E-state index contributed by atoms with van der Waals surface area (Å²) in [6.45, 7) is 0.0149. The summed E-state index contributed by atoms with van der Waals surface area (Å²) in [5.41, 5.74) is -3.98. The highest BCUT2D eigenvalue weighted by molar-refractivity contribution is 5.70. The quantitative estimate of drug-likeness (QED) is 0.0690. The van der Waals surface area contributed by atoms with E-state index in [1.54, 1.807) is 39.2 Å². The molecule has 0 radical (unpaired) electrons. The molecule has 3 aliphatic rings. The largest absolute Gasteiger partial charge is 0.480 e. The minimum absolute atomic E-state index is 0.143. The number of carboxylic acids is 6. The molecular weight excluding hydrogens is 800 g/mol. The maximum absolute atomic E-state index is 11.9. The van der Waals surface area contributed by atoms with Crippen molar-refractivity contribution >= 4 is 35.8 Å². The normalized spacial score (nSPS) is 28.4. The van der Waals surface area contributed by atoms with Gasteiger partial charge in [0.25, 0.3) is 0 Å². The molecule has 10 N–H and O–H groups in total. The van der Waals surface area contributed by atoms with Crippen LogP contribution < -0.4 is 0 Å². The van der Waals surface area contributed by atoms with Gasteiger partial charge in [0.05, 0.1) is 51.5 Å². The maximum Gasteiger partial charge on any atom is 0.317 e. The molecule has 4 unspecified atom stereocenters. The van der Waals surface area contributed by atoms with Gasteiger partial charge in [-0.25, -0.2) is 0 Å². The van der Waals surface area contributed by atoms with Crippen LogP contribution in [-0.2, 0) is 28.8 Å². The van der Waals surface area contributed by atoms with Gasteiger partial charge in [-0.15, -0.1) is 0 Å². The standard InChI is InChI=1S/C36H64N8O16/c45-27-18-36(60,26-44-15-11-41(23-33(55)56)7-3-38(20-30(49)50)4-8-42(12-16-44)24-34(57)58)28(46)17-35(27,59)25-43-13-9-39(21-31(51)52)5-1-37(19-29(47)48)2-6-40(10-14-43)22-32(53)54/h27-28,45-46,59-60H,1-26H2,(H,47,48)(H,49,50)(H,51,52)(H,53,54)(H,55,56)(H,57,58). The van der Waals surface area contributed by atoms with Crippen LogP contribution in [0.4, 0.5) is 0 Å². The fraction of sp³-hybridized carbons (Fsp3) is 0.833. The first-order valence-corrected chi connectivity index (χ1v) is 20.0. The molecule has 2 heterocycles. The van der Waals surface area contributed by atoms with Crippen molar-refractivity contribution in [1.29, 1.82) is 0 Å². The van der Waals surface area contributed by atoms with Crippen LogP contribution in [0.1, 0.15) is 12.8 Å². The van der Waals surface area contributed by atoms with Crippen molar-refractivity contribution in [2.75, 3.05) is 157 Å². The number of carboxylic acid groups (broad SMARTS) is 6. The van der Waals surface area contributed by atoms with Gasteiger partial charge in [-0.1, -0.05) is 0 Å². The van der Waals surface area contributed by atoms with Gasteiger partial charge < -0.3 is 51.1 Å². The number of hydrogen-bond acceptors (Lipinski definition) is 18. The molecule has 2 aliphatic heterocycles. The van der Waals surface area contributed by atoms with E-state index in [0.717, 1.165) is 0 Å². The molecule has 1 saturated carbocycles. The van der Waals surface area contributed by atoms with Crippen LogP contribution in [-0.4, -0.2) is 307 Å². The van der Waals surface area contributed by atoms with Crippen molar-refractivity contribution in [3.8, 4) is 0 Å². The predicted molar refractivity (Wildman–Crippen MR) is 208 cm³/mol. The number of aliphatic hydroxyl groups excluding tert-OH is 2. The monoisotopic (exact) mass is 864 g/mol. The molecule has 3 fully saturated rings. The minimum atomic E-state index is -1.99. The second kappa shape index (κ2) is 24.1. The summed E-state index contributed by atoms with van der Waals surface area (Å²) in [6.07, 6.45) is -4.18. The summed E-state index contributed by atoms with van der Waals surface area (Å²) in [5, 5.41) is 104. The second-order valence-corrected chi connectivity index (χ2v) is 16.2. The Bertz CT molecular complexity index is 1280. The molecule has 0 spiro atoms. The van der Waals surface area contributed by atoms with E-state index in [1.807, 2.05) is 0 Å². The van der Waals surface area contributed by atoms with Crippen molar-refractivity contribution in [3.63, 3.8) is 0 Å². The van der Waals surface area contributed by atoms with E-state index in [1.165, 1.54) is 0 Å². The second-order valence-electron chi connectivity index (χ2n) is 16.2. The summed E-state index contributed by atoms with van der Waals surface area (Å²) in [5.74, 6) is -6.63. The van der Waals surface area contributed by atoms with Crippen molar-refractivity contribution in [1.82, 2.24) is 39.2 Å². The van der Waals surface area contributed by atoms with E-state index in [9.17, 15) is 79.8 Å². The molecule has 0 aromatic heterocycles. The Morgan fingerprint density at radius 3 is 0.633 bits per heavy atom. The van der Waals surface area contributed by atoms with E-state index in [-0.39, 0.29) is 157 Å². The summed E-state index contributed by atoms with van der Waals surface area (Å²) in [4.78, 5) is 82.9. The Labute approximate surface area is 347 Å². The van der Waals surface area contributed by atoms with E-state index >= 15 is 0 Å². The van der Waals surface area contributed by atoms with E-state index in [2.05, 4.69) is 0 Å². The average molecular weight is 865 g/mol. The molecule has 0 bridgehead atoms. The first kappa shape index (κ1) is 50.7. The van der Waals surface area contributed by atoms with Gasteiger partial charge in [-0.2, -0.15) is 0 Å². The molecule has 344 valence electrons. The third-order valence-corrected chi connectivity index (χ3v) is 11.3. The van der Waals surface area contributed by atoms with Crippen LogP contribution in [0.5, 0.6) is 0 Å². The van der Waals surface area contributed by atoms with Gasteiger partial charge in [0.2, 0.25) is 0 Å². The zero-order chi connectivity index (χ0) is 44.6. The van der Waals surface area contributed by atoms with Crippen molar-refractivity contribution in [2.45, 2.75) is 36.3 Å². The van der Waals surface area contributed by atoms with Crippen molar-refractivity contribution in [3.05, 3.63) is 0 Å². The third-order valence-electron chi connectivity index (χ3n) is 11.3. The topological polar surface area (TPSA) is 331 Å². The number of hydrogen-bond donors (Lipinski definition) is 10. The highest BCUT2D eigenvalue weighted by Gasteiger charge is 2.53. The van der Waals surface area contributed by atoms with Gasteiger partial charge in [0.15, 0.2) is 0 Å². The lowest BCUT2D eigenvalue weighted by Gasteiger charge is -2.50. The van der Waals surface area contributed by atoms with Crippen LogP contribution in [0.25, 0.3) is 0 Å². The highest BCUT2D eigenvalue weighted by Crippen LogP contribution is 2.37. The number of aliphatic carboxylic acids is 6. The number of carbonyl (C=O) groups is 6. The molecule has 0 aromatic carbocycles. The molecule has 3 rings (SSSR count). The smallest absolute Gasteiger partial charge is 0.317 e. The first-order chi connectivity index (χ1) is 28.1. The Morgan fingerprint density at radius 2 is 0.483 bits per heavy atom. The lowest BCUT2D eigenvalue weighted by Crippen LogP contribution is -2.67. The number of nitrogens with zero attached hydrogens (tertiary/aromatic N) is 8. The SMILES string of the molecule is O=C(O)CN1CCN(CC(=O)O)CCN(CC2(O)CC(O)C(O)(CN3CCN(CC(=O)O)CCN(CC(=O)O)CCN(CC(=O)O)CC3)CC2O)CCN(CC(=O)O)CC1. The minimum Gasteiger partial charge on any atom is -0.480 e. The lowest BCUT2D eigenvalue weighted by atomic mass is 9.71. The van der Waals surface area contributed by atoms with Crippen LogP contribution >= 0.6 is 0 Å². The van der Waals surface area contributed by atoms with Crippen LogP contribution in [0.3, 0.4) is 0 Å². The zero-order valence-electron chi connectivity index (χ0n) is 34.0. The van der Waals surface area contributed by atoms with Gasteiger partial charge in [-0.05, 0) is 0 Å². The first-order valence-electron chi connectivity index (χ1n) is 20.0. The molecular formula is C36H64N8O16. The van der Waals surface area contributed by atoms with Crippen molar-refractivity contribution < 1.29 is 79.8 Å². The molecule has 60 heavy (non-hydrogen) atoms. The summed E-state index contributed by atoms with van der Waals surface area (Å²) in [7, 11) is 0. The molecule has 0 amide bonds. The Hall–Kier alpha value is -3.66. The average Bonchev–Trinajstić information content (AvgIpc) is 3.11. The molecule has 2 saturated heterocycles. The third kappa shape index (κ3) is 18.1. The number of aliphatic hydroxyl groups is 4. The summed E-state index contributed by atoms with van der Waals surface area (Å²) in [6, 6.07) is 0. The van der Waals surface area contributed by atoms with Crippen LogP contribution in [0.15, 0.2) is 0 Å². The molecule has 24 nitrogen and oxygen atoms in total. The molecule has 1 aliphatic carbocycles. The van der Waals surface area contributed by atoms with Crippen molar-refractivity contribution in [2.24, 2.45) is 0 Å². The summed E-state index contributed by atoms with van der Waals surface area (Å²) >= 11 is 0. The Morgan fingerprint density at radius 1 is 0.333 bits per heavy atom. The van der Waals surface area contributed by atoms with E-state index in [4.69, 9.17) is 0 Å². The van der Waals surface area contributed by atoms with Gasteiger partial charge >= 0.3 is 35.8 Å². The van der Waals surface area contributed by atoms with Gasteiger partial charge in [0.1, 0.15) is 11.2 Å². The predicted octanol–water partition coefficient (Wildman–Crippen LogP) is -6.09. The maximum atomic E-state index is 11.9. The van der Waals surface area contributed by atoms with Gasteiger partial charge in [0, 0.05) is 131 Å². The Kier molecular flexibility index (Phi) is 20.4. The van der Waals surface area contributed by atoms with E-state index in [0.29, 0.717) is 0 Å². The summed E-state index contributed by atoms with van der Waals surface area (Å²) < 4.78 is 0. The number of β-amino-alcohol motifs (C(OH)–C–C–N with tert-alkyl or cyclic N) is 2. The lowest BCUT2D eigenvalue weighted by molar-refractivity contribution is -0.215.